The minimum atomic E-state index is -1.79. The van der Waals surface area contributed by atoms with Crippen LogP contribution in [0.5, 0.6) is 0 Å². The van der Waals surface area contributed by atoms with E-state index in [2.05, 4.69) is 0 Å². The van der Waals surface area contributed by atoms with Gasteiger partial charge in [-0.1, -0.05) is 20.3 Å². The molecule has 13 nitrogen and oxygen atoms in total. The van der Waals surface area contributed by atoms with Crippen LogP contribution in [0.3, 0.4) is 0 Å². The van der Waals surface area contributed by atoms with Crippen LogP contribution < -0.4 is 5.73 Å². The van der Waals surface area contributed by atoms with Crippen LogP contribution in [-0.2, 0) is 23.7 Å². The summed E-state index contributed by atoms with van der Waals surface area (Å²) >= 11 is 0. The number of hydrogen-bond donors (Lipinski definition) is 8. The third kappa shape index (κ3) is 5.69. The fourth-order valence-corrected chi connectivity index (χ4v) is 3.39. The molecule has 2 rings (SSSR count). The molecule has 0 aromatic heterocycles. The van der Waals surface area contributed by atoms with Crippen molar-refractivity contribution < 1.29 is 59.5 Å². The second-order valence-electron chi connectivity index (χ2n) is 7.85. The Morgan fingerprint density at radius 2 is 1.55 bits per heavy atom. The maximum atomic E-state index is 12.4. The van der Waals surface area contributed by atoms with E-state index in [1.54, 1.807) is 6.92 Å². The third-order valence-electron chi connectivity index (χ3n) is 5.73. The fourth-order valence-electron chi connectivity index (χ4n) is 3.39. The summed E-state index contributed by atoms with van der Waals surface area (Å²) in [6.07, 6.45) is -15.5. The van der Waals surface area contributed by atoms with E-state index in [0.717, 1.165) is 0 Å². The monoisotopic (exact) mass is 455 g/mol. The summed E-state index contributed by atoms with van der Waals surface area (Å²) in [5, 5.41) is 69.6. The van der Waals surface area contributed by atoms with E-state index >= 15 is 0 Å². The molecule has 9 N–H and O–H groups in total. The Kier molecular flexibility index (Phi) is 9.54. The van der Waals surface area contributed by atoms with Gasteiger partial charge in [0, 0.05) is 0 Å². The van der Waals surface area contributed by atoms with Crippen molar-refractivity contribution in [3.05, 3.63) is 0 Å². The normalized spacial score (nSPS) is 43.3. The molecule has 0 bridgehead atoms. The first-order valence-corrected chi connectivity index (χ1v) is 10.1. The first-order valence-electron chi connectivity index (χ1n) is 10.1. The number of carbonyl (C=O) groups is 1. The molecule has 2 aliphatic rings. The zero-order valence-electron chi connectivity index (χ0n) is 17.3. The highest BCUT2D eigenvalue weighted by Gasteiger charge is 2.51. The molecule has 31 heavy (non-hydrogen) atoms. The van der Waals surface area contributed by atoms with Gasteiger partial charge in [0.05, 0.1) is 13.2 Å². The standard InChI is InChI=1S/C18H33NO12/c1-3-6(2)9(19)16(26)30-15-10(22)7(4-20)29-18(13(15)25)31-14-8(5-21)28-17(27)12(24)11(14)23/h6-15,17-18,20-25,27H,3-5,19H2,1-2H3/t6-,7+,8+,9-,10+,11+,12+,13+,14+,15-,17+,18+/m0/s1. The molecule has 12 atom stereocenters. The summed E-state index contributed by atoms with van der Waals surface area (Å²) in [5.41, 5.74) is 5.83. The van der Waals surface area contributed by atoms with Crippen molar-refractivity contribution in [1.82, 2.24) is 0 Å². The SMILES string of the molecule is CC[C@H](C)[C@H](N)C(=O)O[C@@H]1[C@@H](O)[C@@H](O[C@H]2[C@H](O)[C@@H](O)[C@H](O)O[C@@H]2CO)O[C@H](CO)[C@H]1O. The molecule has 0 spiro atoms. The molecule has 2 fully saturated rings. The molecule has 0 saturated carbocycles. The van der Waals surface area contributed by atoms with Crippen LogP contribution in [0.2, 0.25) is 0 Å². The molecular weight excluding hydrogens is 422 g/mol. The van der Waals surface area contributed by atoms with Crippen molar-refractivity contribution in [2.45, 2.75) is 87.7 Å². The van der Waals surface area contributed by atoms with Crippen LogP contribution in [0.25, 0.3) is 0 Å². The number of ether oxygens (including phenoxy) is 4. The van der Waals surface area contributed by atoms with Crippen molar-refractivity contribution >= 4 is 5.97 Å². The van der Waals surface area contributed by atoms with E-state index in [1.165, 1.54) is 0 Å². The van der Waals surface area contributed by atoms with Crippen LogP contribution in [0.4, 0.5) is 0 Å². The zero-order valence-corrected chi connectivity index (χ0v) is 17.3. The van der Waals surface area contributed by atoms with E-state index < -0.39 is 86.6 Å². The Morgan fingerprint density at radius 1 is 0.935 bits per heavy atom. The van der Waals surface area contributed by atoms with Gasteiger partial charge in [-0.25, -0.2) is 0 Å². The third-order valence-corrected chi connectivity index (χ3v) is 5.73. The minimum absolute atomic E-state index is 0.241. The van der Waals surface area contributed by atoms with Gasteiger partial charge in [-0.05, 0) is 5.92 Å². The first kappa shape index (κ1) is 26.3. The van der Waals surface area contributed by atoms with Gasteiger partial charge >= 0.3 is 5.97 Å². The fraction of sp³-hybridized carbons (Fsp3) is 0.944. The van der Waals surface area contributed by atoms with Crippen molar-refractivity contribution in [3.63, 3.8) is 0 Å². The molecule has 0 aromatic rings. The number of carbonyl (C=O) groups excluding carboxylic acids is 1. The maximum Gasteiger partial charge on any atom is 0.323 e. The summed E-state index contributed by atoms with van der Waals surface area (Å²) in [6.45, 7) is 2.10. The van der Waals surface area contributed by atoms with Gasteiger partial charge in [-0.3, -0.25) is 4.79 Å². The van der Waals surface area contributed by atoms with Gasteiger partial charge in [0.15, 0.2) is 18.7 Å². The minimum Gasteiger partial charge on any atom is -0.455 e. The maximum absolute atomic E-state index is 12.4. The lowest BCUT2D eigenvalue weighted by molar-refractivity contribution is -0.355. The van der Waals surface area contributed by atoms with E-state index in [-0.39, 0.29) is 5.92 Å². The van der Waals surface area contributed by atoms with Crippen molar-refractivity contribution in [2.75, 3.05) is 13.2 Å². The van der Waals surface area contributed by atoms with Crippen molar-refractivity contribution in [3.8, 4) is 0 Å². The number of aliphatic hydroxyl groups excluding tert-OH is 7. The van der Waals surface area contributed by atoms with E-state index in [0.29, 0.717) is 6.42 Å². The second-order valence-corrected chi connectivity index (χ2v) is 7.85. The van der Waals surface area contributed by atoms with Crippen molar-refractivity contribution in [1.29, 1.82) is 0 Å². The molecule has 0 amide bonds. The molecule has 0 radical (unpaired) electrons. The lowest BCUT2D eigenvalue weighted by Gasteiger charge is -2.46. The topological polar surface area (TPSA) is 222 Å². The van der Waals surface area contributed by atoms with Gasteiger partial charge in [-0.2, -0.15) is 0 Å². The Hall–Kier alpha value is -0.970. The molecule has 2 saturated heterocycles. The lowest BCUT2D eigenvalue weighted by atomic mass is 9.96. The van der Waals surface area contributed by atoms with E-state index in [9.17, 15) is 40.5 Å². The predicted octanol–water partition coefficient (Wildman–Crippen LogP) is -4.47. The molecule has 0 unspecified atom stereocenters. The van der Waals surface area contributed by atoms with Gasteiger partial charge in [0.25, 0.3) is 0 Å². The summed E-state index contributed by atoms with van der Waals surface area (Å²) in [6, 6.07) is -1.02. The largest absolute Gasteiger partial charge is 0.455 e. The first-order chi connectivity index (χ1) is 14.6. The number of esters is 1. The van der Waals surface area contributed by atoms with Gasteiger partial charge in [0.2, 0.25) is 0 Å². The van der Waals surface area contributed by atoms with Crippen LogP contribution in [0, 0.1) is 5.92 Å². The number of aliphatic hydroxyl groups is 7. The summed E-state index contributed by atoms with van der Waals surface area (Å²) in [7, 11) is 0. The van der Waals surface area contributed by atoms with Crippen LogP contribution >= 0.6 is 0 Å². The van der Waals surface area contributed by atoms with E-state index in [1.807, 2.05) is 6.92 Å². The molecule has 13 heteroatoms. The Balaban J connectivity index is 2.19. The molecular formula is C18H33NO12. The van der Waals surface area contributed by atoms with Crippen LogP contribution in [-0.4, -0.2) is 122 Å². The summed E-state index contributed by atoms with van der Waals surface area (Å²) in [4.78, 5) is 12.4. The highest BCUT2D eigenvalue weighted by molar-refractivity contribution is 5.76. The van der Waals surface area contributed by atoms with Crippen LogP contribution in [0.1, 0.15) is 20.3 Å². The molecule has 0 aliphatic carbocycles. The number of hydrogen-bond acceptors (Lipinski definition) is 13. The Morgan fingerprint density at radius 3 is 2.10 bits per heavy atom. The average Bonchev–Trinajstić information content (AvgIpc) is 2.76. The zero-order chi connectivity index (χ0) is 23.5. The highest BCUT2D eigenvalue weighted by Crippen LogP contribution is 2.30. The molecule has 2 heterocycles. The van der Waals surface area contributed by atoms with Crippen LogP contribution in [0.15, 0.2) is 0 Å². The van der Waals surface area contributed by atoms with Gasteiger partial charge in [-0.15, -0.1) is 0 Å². The smallest absolute Gasteiger partial charge is 0.323 e. The number of rotatable bonds is 8. The lowest BCUT2D eigenvalue weighted by Crippen LogP contribution is -2.65. The van der Waals surface area contributed by atoms with Gasteiger partial charge < -0.3 is 60.4 Å². The summed E-state index contributed by atoms with van der Waals surface area (Å²) in [5.74, 6) is -1.13. The Bertz CT molecular complexity index is 580. The molecule has 2 aliphatic heterocycles. The number of nitrogens with two attached hydrogens (primary N) is 1. The van der Waals surface area contributed by atoms with Gasteiger partial charge in [0.1, 0.15) is 48.8 Å². The van der Waals surface area contributed by atoms with Crippen molar-refractivity contribution in [2.24, 2.45) is 11.7 Å². The molecule has 182 valence electrons. The predicted molar refractivity (Wildman–Crippen MR) is 99.9 cm³/mol. The molecule has 0 aromatic carbocycles. The quantitative estimate of drug-likeness (QED) is 0.162. The summed E-state index contributed by atoms with van der Waals surface area (Å²) < 4.78 is 21.0. The Labute approximate surface area is 178 Å². The highest BCUT2D eigenvalue weighted by atomic mass is 16.7. The van der Waals surface area contributed by atoms with E-state index in [4.69, 9.17) is 24.7 Å². The second kappa shape index (κ2) is 11.2. The average molecular weight is 455 g/mol.